The van der Waals surface area contributed by atoms with Gasteiger partial charge >= 0.3 is 12.1 Å². The highest BCUT2D eigenvalue weighted by molar-refractivity contribution is 7.13. The van der Waals surface area contributed by atoms with Crippen molar-refractivity contribution in [3.63, 3.8) is 0 Å². The smallest absolute Gasteiger partial charge is 0.416 e. The molecule has 0 saturated carbocycles. The number of hydrogen-bond donors (Lipinski definition) is 2. The first-order chi connectivity index (χ1) is 11.5. The summed E-state index contributed by atoms with van der Waals surface area (Å²) in [6.07, 6.45) is -4.57. The first-order valence-corrected chi connectivity index (χ1v) is 8.08. The molecule has 0 radical (unpaired) electrons. The minimum atomic E-state index is -4.57. The molecule has 25 heavy (non-hydrogen) atoms. The number of halogens is 4. The lowest BCUT2D eigenvalue weighted by molar-refractivity contribution is -0.137. The average Bonchev–Trinajstić information content (AvgIpc) is 2.89. The largest absolute Gasteiger partial charge is 0.477 e. The molecule has 1 aromatic heterocycles. The van der Waals surface area contributed by atoms with Crippen molar-refractivity contribution < 1.29 is 27.9 Å². The van der Waals surface area contributed by atoms with E-state index in [-0.39, 0.29) is 26.3 Å². The van der Waals surface area contributed by atoms with Crippen LogP contribution in [0.1, 0.15) is 38.8 Å². The van der Waals surface area contributed by atoms with Gasteiger partial charge in [0.25, 0.3) is 0 Å². The molecule has 2 rings (SSSR count). The molecule has 0 aliphatic heterocycles. The predicted octanol–water partition coefficient (Wildman–Crippen LogP) is 4.56. The Kier molecular flexibility index (Phi) is 5.38. The third-order valence-electron chi connectivity index (χ3n) is 3.32. The SMILES string of the molecule is Cc1nc(C(C)C(=O)Nc2cc(C(F)(F)F)ccc2Cl)sc1C(=O)O. The highest BCUT2D eigenvalue weighted by Crippen LogP contribution is 2.34. The Morgan fingerprint density at radius 1 is 1.36 bits per heavy atom. The zero-order valence-corrected chi connectivity index (χ0v) is 14.5. The number of thiazole rings is 1. The Hall–Kier alpha value is -2.13. The number of alkyl halides is 3. The molecule has 2 aromatic rings. The molecule has 0 aliphatic carbocycles. The van der Waals surface area contributed by atoms with E-state index in [0.29, 0.717) is 0 Å². The van der Waals surface area contributed by atoms with E-state index in [4.69, 9.17) is 16.7 Å². The number of carboxylic acid groups (broad SMARTS) is 1. The van der Waals surface area contributed by atoms with Gasteiger partial charge in [-0.25, -0.2) is 9.78 Å². The van der Waals surface area contributed by atoms with Gasteiger partial charge in [0.2, 0.25) is 5.91 Å². The maximum absolute atomic E-state index is 12.8. The van der Waals surface area contributed by atoms with E-state index in [0.717, 1.165) is 29.5 Å². The monoisotopic (exact) mass is 392 g/mol. The summed E-state index contributed by atoms with van der Waals surface area (Å²) in [5, 5.41) is 11.6. The van der Waals surface area contributed by atoms with Gasteiger partial charge in [0.05, 0.1) is 27.9 Å². The number of nitrogens with zero attached hydrogens (tertiary/aromatic N) is 1. The number of amides is 1. The van der Waals surface area contributed by atoms with Gasteiger partial charge < -0.3 is 10.4 Å². The quantitative estimate of drug-likeness (QED) is 0.799. The maximum Gasteiger partial charge on any atom is 0.416 e. The summed E-state index contributed by atoms with van der Waals surface area (Å²) in [6.45, 7) is 2.97. The van der Waals surface area contributed by atoms with Crippen molar-refractivity contribution in [1.82, 2.24) is 4.98 Å². The molecule has 0 bridgehead atoms. The van der Waals surface area contributed by atoms with Crippen LogP contribution in [0.15, 0.2) is 18.2 Å². The van der Waals surface area contributed by atoms with Crippen molar-refractivity contribution in [2.24, 2.45) is 0 Å². The summed E-state index contributed by atoms with van der Waals surface area (Å²) in [5.41, 5.74) is -0.859. The second kappa shape index (κ2) is 7.01. The Bertz CT molecular complexity index is 836. The molecule has 1 atom stereocenters. The van der Waals surface area contributed by atoms with Crippen LogP contribution in [0.2, 0.25) is 5.02 Å². The van der Waals surface area contributed by atoms with Gasteiger partial charge in [-0.2, -0.15) is 13.2 Å². The number of benzene rings is 1. The standard InChI is InChI=1S/C15H12ClF3N2O3S/c1-6(13-20-7(2)11(25-13)14(23)24)12(22)21-10-5-8(15(17,18)19)3-4-9(10)16/h3-6H,1-2H3,(H,21,22)(H,23,24). The van der Waals surface area contributed by atoms with E-state index in [1.165, 1.54) is 13.8 Å². The third kappa shape index (κ3) is 4.29. The summed E-state index contributed by atoms with van der Waals surface area (Å²) in [7, 11) is 0. The lowest BCUT2D eigenvalue weighted by Crippen LogP contribution is -2.19. The molecule has 1 aromatic carbocycles. The summed E-state index contributed by atoms with van der Waals surface area (Å²) in [5.74, 6) is -2.66. The molecule has 0 saturated heterocycles. The molecule has 0 fully saturated rings. The van der Waals surface area contributed by atoms with Gasteiger partial charge in [-0.1, -0.05) is 11.6 Å². The topological polar surface area (TPSA) is 79.3 Å². The van der Waals surface area contributed by atoms with E-state index in [9.17, 15) is 22.8 Å². The van der Waals surface area contributed by atoms with Crippen LogP contribution in [0.4, 0.5) is 18.9 Å². The average molecular weight is 393 g/mol. The Morgan fingerprint density at radius 3 is 2.52 bits per heavy atom. The van der Waals surface area contributed by atoms with Crippen molar-refractivity contribution in [1.29, 1.82) is 0 Å². The van der Waals surface area contributed by atoms with E-state index in [1.807, 2.05) is 0 Å². The number of anilines is 1. The minimum absolute atomic E-state index is 0.00625. The van der Waals surface area contributed by atoms with Crippen LogP contribution in [-0.2, 0) is 11.0 Å². The van der Waals surface area contributed by atoms with Crippen LogP contribution in [0, 0.1) is 6.92 Å². The lowest BCUT2D eigenvalue weighted by Gasteiger charge is -2.13. The van der Waals surface area contributed by atoms with Gasteiger partial charge in [-0.3, -0.25) is 4.79 Å². The number of aromatic nitrogens is 1. The highest BCUT2D eigenvalue weighted by atomic mass is 35.5. The summed E-state index contributed by atoms with van der Waals surface area (Å²) in [4.78, 5) is 27.4. The van der Waals surface area contributed by atoms with Crippen LogP contribution in [-0.4, -0.2) is 22.0 Å². The number of aromatic carboxylic acids is 1. The Labute approximate surface area is 149 Å². The van der Waals surface area contributed by atoms with Crippen molar-refractivity contribution in [2.45, 2.75) is 25.9 Å². The Balaban J connectivity index is 2.24. The minimum Gasteiger partial charge on any atom is -0.477 e. The number of carbonyl (C=O) groups is 2. The molecule has 5 nitrogen and oxygen atoms in total. The van der Waals surface area contributed by atoms with Crippen LogP contribution in [0.3, 0.4) is 0 Å². The fraction of sp³-hybridized carbons (Fsp3) is 0.267. The van der Waals surface area contributed by atoms with Crippen molar-refractivity contribution >= 4 is 40.5 Å². The third-order valence-corrected chi connectivity index (χ3v) is 4.98. The summed E-state index contributed by atoms with van der Waals surface area (Å²) >= 11 is 6.68. The van der Waals surface area contributed by atoms with E-state index < -0.39 is 29.5 Å². The first-order valence-electron chi connectivity index (χ1n) is 6.89. The fourth-order valence-corrected chi connectivity index (χ4v) is 3.07. The number of hydrogen-bond acceptors (Lipinski definition) is 4. The summed E-state index contributed by atoms with van der Waals surface area (Å²) < 4.78 is 38.3. The van der Waals surface area contributed by atoms with E-state index in [2.05, 4.69) is 10.3 Å². The zero-order chi connectivity index (χ0) is 18.9. The molecule has 10 heteroatoms. The number of carboxylic acids is 1. The van der Waals surface area contributed by atoms with Gasteiger partial charge in [-0.05, 0) is 32.0 Å². The second-order valence-electron chi connectivity index (χ2n) is 5.18. The number of carbonyl (C=O) groups excluding carboxylic acids is 1. The molecule has 0 spiro atoms. The van der Waals surface area contributed by atoms with Crippen molar-refractivity contribution in [3.8, 4) is 0 Å². The van der Waals surface area contributed by atoms with Gasteiger partial charge in [0, 0.05) is 0 Å². The van der Waals surface area contributed by atoms with Crippen LogP contribution in [0.25, 0.3) is 0 Å². The van der Waals surface area contributed by atoms with Gasteiger partial charge in [0.15, 0.2) is 0 Å². The van der Waals surface area contributed by atoms with Gasteiger partial charge in [-0.15, -0.1) is 11.3 Å². The molecule has 0 aliphatic rings. The molecule has 1 unspecified atom stereocenters. The molecule has 2 N–H and O–H groups in total. The highest BCUT2D eigenvalue weighted by Gasteiger charge is 2.31. The summed E-state index contributed by atoms with van der Waals surface area (Å²) in [6, 6.07) is 2.59. The lowest BCUT2D eigenvalue weighted by atomic mass is 10.1. The number of aryl methyl sites for hydroxylation is 1. The van der Waals surface area contributed by atoms with Crippen molar-refractivity contribution in [2.75, 3.05) is 5.32 Å². The molecular weight excluding hydrogens is 381 g/mol. The van der Waals surface area contributed by atoms with E-state index >= 15 is 0 Å². The normalized spacial score (nSPS) is 12.7. The fourth-order valence-electron chi connectivity index (χ4n) is 1.95. The second-order valence-corrected chi connectivity index (χ2v) is 6.61. The van der Waals surface area contributed by atoms with Gasteiger partial charge in [0.1, 0.15) is 9.88 Å². The first kappa shape index (κ1) is 19.2. The molecule has 1 heterocycles. The predicted molar refractivity (Wildman–Crippen MR) is 87.3 cm³/mol. The Morgan fingerprint density at radius 2 is 2.00 bits per heavy atom. The molecule has 134 valence electrons. The number of nitrogens with one attached hydrogen (secondary N) is 1. The zero-order valence-electron chi connectivity index (χ0n) is 12.9. The van der Waals surface area contributed by atoms with Crippen LogP contribution in [0.5, 0.6) is 0 Å². The van der Waals surface area contributed by atoms with Crippen molar-refractivity contribution in [3.05, 3.63) is 44.4 Å². The van der Waals surface area contributed by atoms with Crippen LogP contribution >= 0.6 is 22.9 Å². The van der Waals surface area contributed by atoms with Crippen LogP contribution < -0.4 is 5.32 Å². The number of rotatable bonds is 4. The maximum atomic E-state index is 12.8. The van der Waals surface area contributed by atoms with E-state index in [1.54, 1.807) is 0 Å². The molecule has 1 amide bonds. The molecular formula is C15H12ClF3N2O3S.